The van der Waals surface area contributed by atoms with Gasteiger partial charge in [-0.2, -0.15) is 0 Å². The van der Waals surface area contributed by atoms with Crippen LogP contribution in [0.3, 0.4) is 0 Å². The van der Waals surface area contributed by atoms with E-state index < -0.39 is 48.7 Å². The first-order chi connectivity index (χ1) is 23.3. The summed E-state index contributed by atoms with van der Waals surface area (Å²) in [6, 6.07) is 20.1. The summed E-state index contributed by atoms with van der Waals surface area (Å²) in [6.45, 7) is 6.15. The fraction of sp³-hybridized carbons (Fsp3) is 0.444. The predicted octanol–water partition coefficient (Wildman–Crippen LogP) is 7.29. The van der Waals surface area contributed by atoms with Gasteiger partial charge in [-0.05, 0) is 67.3 Å². The number of hydrogen-bond acceptors (Lipinski definition) is 8. The first kappa shape index (κ1) is 36.7. The molecule has 3 aromatic carbocycles. The SMILES string of the molecule is CCCCO[C@@H]1O[C@H](COC(=O)N[C@@H](C)c2ccccc2)[C@@H](OC(=O)Nc2ccc(F)cc2)[C@H](OCCC)[C@H]1OCc1ccc(F)cc1. The summed E-state index contributed by atoms with van der Waals surface area (Å²) in [6.07, 6.45) is -4.30. The third-order valence-corrected chi connectivity index (χ3v) is 7.59. The molecule has 48 heavy (non-hydrogen) atoms. The molecule has 1 saturated heterocycles. The van der Waals surface area contributed by atoms with E-state index in [-0.39, 0.29) is 31.7 Å². The van der Waals surface area contributed by atoms with Crippen molar-refractivity contribution in [3.63, 3.8) is 0 Å². The van der Waals surface area contributed by atoms with E-state index in [1.165, 1.54) is 36.4 Å². The van der Waals surface area contributed by atoms with Crippen LogP contribution in [0.1, 0.15) is 57.2 Å². The lowest BCUT2D eigenvalue weighted by Gasteiger charge is -2.45. The molecule has 1 heterocycles. The molecule has 0 aliphatic carbocycles. The molecule has 2 amide bonds. The molecule has 0 aromatic heterocycles. The van der Waals surface area contributed by atoms with Crippen LogP contribution in [0.15, 0.2) is 78.9 Å². The highest BCUT2D eigenvalue weighted by Gasteiger charge is 2.50. The molecule has 12 heteroatoms. The van der Waals surface area contributed by atoms with Crippen LogP contribution in [0.5, 0.6) is 0 Å². The zero-order valence-corrected chi connectivity index (χ0v) is 27.4. The average molecular weight is 671 g/mol. The van der Waals surface area contributed by atoms with Gasteiger partial charge < -0.3 is 33.7 Å². The van der Waals surface area contributed by atoms with Gasteiger partial charge in [0.15, 0.2) is 12.4 Å². The van der Waals surface area contributed by atoms with E-state index in [0.717, 1.165) is 18.4 Å². The first-order valence-corrected chi connectivity index (χ1v) is 16.2. The Balaban J connectivity index is 1.58. The van der Waals surface area contributed by atoms with Crippen LogP contribution in [0.4, 0.5) is 24.1 Å². The van der Waals surface area contributed by atoms with Crippen molar-refractivity contribution in [3.05, 3.63) is 102 Å². The van der Waals surface area contributed by atoms with Gasteiger partial charge in [0, 0.05) is 18.9 Å². The molecule has 1 fully saturated rings. The Kier molecular flexibility index (Phi) is 14.6. The molecule has 0 saturated carbocycles. The van der Waals surface area contributed by atoms with Crippen molar-refractivity contribution in [1.29, 1.82) is 0 Å². The maximum absolute atomic E-state index is 13.6. The van der Waals surface area contributed by atoms with E-state index in [0.29, 0.717) is 24.3 Å². The number of nitrogens with one attached hydrogen (secondary N) is 2. The summed E-state index contributed by atoms with van der Waals surface area (Å²) < 4.78 is 63.6. The van der Waals surface area contributed by atoms with Crippen LogP contribution in [0, 0.1) is 11.6 Å². The fourth-order valence-electron chi connectivity index (χ4n) is 5.03. The molecule has 4 rings (SSSR count). The number of amides is 2. The Bertz CT molecular complexity index is 1400. The maximum atomic E-state index is 13.6. The average Bonchev–Trinajstić information content (AvgIpc) is 3.09. The van der Waals surface area contributed by atoms with Gasteiger partial charge in [-0.1, -0.05) is 62.7 Å². The van der Waals surface area contributed by atoms with Gasteiger partial charge in [0.05, 0.1) is 12.6 Å². The number of anilines is 1. The smallest absolute Gasteiger partial charge is 0.412 e. The third-order valence-electron chi connectivity index (χ3n) is 7.59. The molecule has 0 bridgehead atoms. The molecular weight excluding hydrogens is 626 g/mol. The Hall–Kier alpha value is -4.10. The molecule has 1 aliphatic heterocycles. The van der Waals surface area contributed by atoms with E-state index in [9.17, 15) is 18.4 Å². The molecular formula is C36H44F2N2O8. The van der Waals surface area contributed by atoms with E-state index in [1.807, 2.05) is 51.1 Å². The molecule has 0 radical (unpaired) electrons. The van der Waals surface area contributed by atoms with Gasteiger partial charge in [0.2, 0.25) is 0 Å². The quantitative estimate of drug-likeness (QED) is 0.153. The van der Waals surface area contributed by atoms with Crippen LogP contribution in [-0.4, -0.2) is 62.7 Å². The number of rotatable bonds is 16. The highest BCUT2D eigenvalue weighted by atomic mass is 19.1. The van der Waals surface area contributed by atoms with Gasteiger partial charge in [0.25, 0.3) is 0 Å². The van der Waals surface area contributed by atoms with Crippen molar-refractivity contribution in [2.24, 2.45) is 0 Å². The van der Waals surface area contributed by atoms with Crippen LogP contribution in [-0.2, 0) is 35.0 Å². The van der Waals surface area contributed by atoms with Crippen molar-refractivity contribution in [2.45, 2.75) is 83.4 Å². The highest BCUT2D eigenvalue weighted by molar-refractivity contribution is 5.84. The van der Waals surface area contributed by atoms with Crippen molar-refractivity contribution in [2.75, 3.05) is 25.1 Å². The van der Waals surface area contributed by atoms with E-state index in [1.54, 1.807) is 12.1 Å². The van der Waals surface area contributed by atoms with Gasteiger partial charge >= 0.3 is 12.2 Å². The van der Waals surface area contributed by atoms with Gasteiger partial charge in [0.1, 0.15) is 36.6 Å². The number of carbonyl (C=O) groups is 2. The summed E-state index contributed by atoms with van der Waals surface area (Å²) >= 11 is 0. The number of benzene rings is 3. The molecule has 0 spiro atoms. The molecule has 1 aliphatic rings. The summed E-state index contributed by atoms with van der Waals surface area (Å²) in [7, 11) is 0. The highest BCUT2D eigenvalue weighted by Crippen LogP contribution is 2.31. The molecule has 6 atom stereocenters. The normalized spacial score (nSPS) is 21.2. The van der Waals surface area contributed by atoms with Gasteiger partial charge in [-0.25, -0.2) is 18.4 Å². The topological polar surface area (TPSA) is 114 Å². The van der Waals surface area contributed by atoms with Crippen molar-refractivity contribution < 1.29 is 46.8 Å². The van der Waals surface area contributed by atoms with Crippen molar-refractivity contribution in [1.82, 2.24) is 5.32 Å². The summed E-state index contributed by atoms with van der Waals surface area (Å²) in [5.41, 5.74) is 1.89. The largest absolute Gasteiger partial charge is 0.447 e. The summed E-state index contributed by atoms with van der Waals surface area (Å²) in [5.74, 6) is -0.842. The second-order valence-electron chi connectivity index (χ2n) is 11.4. The first-order valence-electron chi connectivity index (χ1n) is 16.2. The minimum Gasteiger partial charge on any atom is -0.447 e. The minimum atomic E-state index is -1.14. The fourth-order valence-corrected chi connectivity index (χ4v) is 5.03. The lowest BCUT2D eigenvalue weighted by molar-refractivity contribution is -0.316. The molecule has 10 nitrogen and oxygen atoms in total. The number of ether oxygens (including phenoxy) is 6. The molecule has 260 valence electrons. The molecule has 2 N–H and O–H groups in total. The van der Waals surface area contributed by atoms with E-state index in [4.69, 9.17) is 28.4 Å². The third kappa shape index (κ3) is 11.3. The van der Waals surface area contributed by atoms with Crippen molar-refractivity contribution in [3.8, 4) is 0 Å². The van der Waals surface area contributed by atoms with Crippen LogP contribution < -0.4 is 10.6 Å². The van der Waals surface area contributed by atoms with E-state index >= 15 is 0 Å². The maximum Gasteiger partial charge on any atom is 0.412 e. The number of alkyl carbamates (subject to hydrolysis) is 1. The number of carbonyl (C=O) groups excluding carboxylic acids is 2. The van der Waals surface area contributed by atoms with Crippen LogP contribution in [0.2, 0.25) is 0 Å². The lowest BCUT2D eigenvalue weighted by Crippen LogP contribution is -2.62. The Morgan fingerprint density at radius 3 is 2.15 bits per heavy atom. The Morgan fingerprint density at radius 1 is 0.792 bits per heavy atom. The number of unbranched alkanes of at least 4 members (excludes halogenated alkanes) is 1. The van der Waals surface area contributed by atoms with Crippen LogP contribution in [0.25, 0.3) is 0 Å². The second-order valence-corrected chi connectivity index (χ2v) is 11.4. The Morgan fingerprint density at radius 2 is 1.48 bits per heavy atom. The summed E-state index contributed by atoms with van der Waals surface area (Å²) in [4.78, 5) is 26.1. The molecule has 0 unspecified atom stereocenters. The zero-order valence-electron chi connectivity index (χ0n) is 27.4. The minimum absolute atomic E-state index is 0.0589. The molecule has 3 aromatic rings. The monoisotopic (exact) mass is 670 g/mol. The summed E-state index contributed by atoms with van der Waals surface area (Å²) in [5, 5.41) is 5.38. The van der Waals surface area contributed by atoms with Gasteiger partial charge in [-0.3, -0.25) is 5.32 Å². The number of halogens is 2. The predicted molar refractivity (Wildman–Crippen MR) is 174 cm³/mol. The lowest BCUT2D eigenvalue weighted by atomic mass is 9.98. The number of hydrogen-bond donors (Lipinski definition) is 2. The zero-order chi connectivity index (χ0) is 34.3. The van der Waals surface area contributed by atoms with Crippen LogP contribution >= 0.6 is 0 Å². The van der Waals surface area contributed by atoms with Gasteiger partial charge in [-0.15, -0.1) is 0 Å². The van der Waals surface area contributed by atoms with E-state index in [2.05, 4.69) is 10.6 Å². The standard InChI is InChI=1S/C36H44F2N2O8/c1-4-6-21-44-34-33(45-22-25-12-14-27(37)15-13-25)32(43-20-5-2)31(48-36(42)40-29-18-16-28(38)17-19-29)30(47-34)23-46-35(41)39-24(3)26-10-8-7-9-11-26/h7-19,24,30-34H,4-6,20-23H2,1-3H3,(H,39,41)(H,40,42)/t24-,30+,31+,32-,33+,34+/m0/s1. The Labute approximate surface area is 280 Å². The van der Waals surface area contributed by atoms with Crippen molar-refractivity contribution >= 4 is 17.9 Å². The second kappa shape index (κ2) is 19.0.